The highest BCUT2D eigenvalue weighted by Crippen LogP contribution is 2.44. The number of hydrogen-bond donors (Lipinski definition) is 3. The van der Waals surface area contributed by atoms with E-state index >= 15 is 0 Å². The van der Waals surface area contributed by atoms with E-state index in [1.54, 1.807) is 0 Å². The Kier molecular flexibility index (Phi) is 8.46. The number of carbonyl (C=O) groups excluding carboxylic acids is 2. The van der Waals surface area contributed by atoms with Gasteiger partial charge in [-0.2, -0.15) is 0 Å². The highest BCUT2D eigenvalue weighted by molar-refractivity contribution is 5.81. The zero-order chi connectivity index (χ0) is 23.6. The number of carboxylic acids is 1. The number of nitrogens with one attached hydrogen (secondary N) is 2. The lowest BCUT2D eigenvalue weighted by molar-refractivity contribution is -0.139. The molecule has 1 aliphatic rings. The molecule has 0 unspecified atom stereocenters. The van der Waals surface area contributed by atoms with Crippen molar-refractivity contribution in [1.29, 1.82) is 0 Å². The van der Waals surface area contributed by atoms with Crippen molar-refractivity contribution in [3.8, 4) is 11.1 Å². The SMILES string of the molecule is C=CCOC(=O)NCCCC[C@@H](NC(=O)OCC1c2ccccc2-c2ccccc21)C(=O)O. The molecular weight excluding hydrogens is 424 g/mol. The summed E-state index contributed by atoms with van der Waals surface area (Å²) in [4.78, 5) is 35.2. The average Bonchev–Trinajstić information content (AvgIpc) is 3.14. The molecule has 0 fully saturated rings. The smallest absolute Gasteiger partial charge is 0.407 e. The molecule has 0 saturated heterocycles. The minimum atomic E-state index is -1.14. The van der Waals surface area contributed by atoms with Gasteiger partial charge in [-0.15, -0.1) is 0 Å². The van der Waals surface area contributed by atoms with Crippen molar-refractivity contribution in [1.82, 2.24) is 10.6 Å². The monoisotopic (exact) mass is 452 g/mol. The van der Waals surface area contributed by atoms with Crippen LogP contribution in [0.3, 0.4) is 0 Å². The summed E-state index contributed by atoms with van der Waals surface area (Å²) in [5.41, 5.74) is 4.40. The minimum Gasteiger partial charge on any atom is -0.480 e. The lowest BCUT2D eigenvalue weighted by Crippen LogP contribution is -2.41. The Morgan fingerprint density at radius 2 is 1.61 bits per heavy atom. The molecule has 0 aromatic heterocycles. The largest absolute Gasteiger partial charge is 0.480 e. The van der Waals surface area contributed by atoms with E-state index in [1.165, 1.54) is 6.08 Å². The maximum absolute atomic E-state index is 12.3. The summed E-state index contributed by atoms with van der Waals surface area (Å²) < 4.78 is 10.2. The third-order valence-electron chi connectivity index (χ3n) is 5.46. The topological polar surface area (TPSA) is 114 Å². The molecule has 2 amide bonds. The number of alkyl carbamates (subject to hydrolysis) is 2. The zero-order valence-electron chi connectivity index (χ0n) is 18.3. The van der Waals surface area contributed by atoms with Gasteiger partial charge in [0.1, 0.15) is 19.3 Å². The molecule has 3 rings (SSSR count). The van der Waals surface area contributed by atoms with Gasteiger partial charge in [0.15, 0.2) is 0 Å². The third-order valence-corrected chi connectivity index (χ3v) is 5.46. The number of hydrogen-bond acceptors (Lipinski definition) is 5. The summed E-state index contributed by atoms with van der Waals surface area (Å²) in [7, 11) is 0. The normalized spacial score (nSPS) is 12.7. The molecule has 174 valence electrons. The van der Waals surface area contributed by atoms with Gasteiger partial charge in [0.25, 0.3) is 0 Å². The maximum atomic E-state index is 12.3. The number of benzene rings is 2. The first-order chi connectivity index (χ1) is 16.0. The van der Waals surface area contributed by atoms with Crippen LogP contribution in [0.15, 0.2) is 61.2 Å². The second kappa shape index (κ2) is 11.7. The number of fused-ring (bicyclic) bond motifs is 3. The Morgan fingerprint density at radius 1 is 0.970 bits per heavy atom. The van der Waals surface area contributed by atoms with Crippen LogP contribution >= 0.6 is 0 Å². The Morgan fingerprint density at radius 3 is 2.21 bits per heavy atom. The lowest BCUT2D eigenvalue weighted by atomic mass is 9.98. The van der Waals surface area contributed by atoms with Crippen LogP contribution in [-0.4, -0.2) is 49.1 Å². The Balaban J connectivity index is 1.46. The summed E-state index contributed by atoms with van der Waals surface area (Å²) >= 11 is 0. The average molecular weight is 453 g/mol. The van der Waals surface area contributed by atoms with Crippen LogP contribution in [0.2, 0.25) is 0 Å². The van der Waals surface area contributed by atoms with E-state index in [-0.39, 0.29) is 25.6 Å². The molecule has 0 heterocycles. The van der Waals surface area contributed by atoms with Gasteiger partial charge in [0, 0.05) is 12.5 Å². The summed E-state index contributed by atoms with van der Waals surface area (Å²) in [5.74, 6) is -1.24. The van der Waals surface area contributed by atoms with E-state index in [0.29, 0.717) is 19.4 Å². The second-order valence-electron chi connectivity index (χ2n) is 7.67. The lowest BCUT2D eigenvalue weighted by Gasteiger charge is -2.17. The molecule has 8 heteroatoms. The molecule has 1 atom stereocenters. The molecule has 1 aliphatic carbocycles. The molecule has 0 aliphatic heterocycles. The summed E-state index contributed by atoms with van der Waals surface area (Å²) in [5, 5.41) is 14.4. The highest BCUT2D eigenvalue weighted by atomic mass is 16.6. The van der Waals surface area contributed by atoms with E-state index in [9.17, 15) is 19.5 Å². The molecule has 2 aromatic carbocycles. The van der Waals surface area contributed by atoms with Crippen molar-refractivity contribution in [3.05, 3.63) is 72.3 Å². The predicted octanol–water partition coefficient (Wildman–Crippen LogP) is 4.06. The molecule has 33 heavy (non-hydrogen) atoms. The Labute approximate surface area is 192 Å². The number of rotatable bonds is 11. The number of carbonyl (C=O) groups is 3. The van der Waals surface area contributed by atoms with Crippen molar-refractivity contribution in [2.75, 3.05) is 19.8 Å². The molecule has 0 spiro atoms. The predicted molar refractivity (Wildman–Crippen MR) is 123 cm³/mol. The molecule has 8 nitrogen and oxygen atoms in total. The van der Waals surface area contributed by atoms with E-state index in [2.05, 4.69) is 17.2 Å². The van der Waals surface area contributed by atoms with E-state index in [4.69, 9.17) is 9.47 Å². The molecule has 0 radical (unpaired) electrons. The number of carboxylic acid groups (broad SMARTS) is 1. The fourth-order valence-corrected chi connectivity index (χ4v) is 3.89. The standard InChI is InChI=1S/C25H28N2O6/c1-2-15-32-24(30)26-14-8-7-13-22(23(28)29)27-25(31)33-16-21-19-11-5-3-9-17(19)18-10-4-6-12-20(18)21/h2-6,9-12,21-22H,1,7-8,13-16H2,(H,26,30)(H,27,31)(H,28,29)/t22-/m1/s1. The van der Waals surface area contributed by atoms with Crippen molar-refractivity contribution in [2.45, 2.75) is 31.2 Å². The number of amides is 2. The fraction of sp³-hybridized carbons (Fsp3) is 0.320. The van der Waals surface area contributed by atoms with Gasteiger partial charge in [-0.1, -0.05) is 61.2 Å². The number of ether oxygens (including phenoxy) is 2. The quantitative estimate of drug-likeness (QED) is 0.350. The van der Waals surface area contributed by atoms with Crippen molar-refractivity contribution >= 4 is 18.2 Å². The van der Waals surface area contributed by atoms with Gasteiger partial charge in [0.05, 0.1) is 0 Å². The zero-order valence-corrected chi connectivity index (χ0v) is 18.3. The third kappa shape index (κ3) is 6.35. The van der Waals surface area contributed by atoms with Gasteiger partial charge >= 0.3 is 18.2 Å². The van der Waals surface area contributed by atoms with Crippen LogP contribution in [-0.2, 0) is 14.3 Å². The molecular formula is C25H28N2O6. The van der Waals surface area contributed by atoms with Crippen molar-refractivity contribution < 1.29 is 29.0 Å². The first kappa shape index (κ1) is 23.8. The molecule has 2 aromatic rings. The van der Waals surface area contributed by atoms with Crippen LogP contribution < -0.4 is 10.6 Å². The van der Waals surface area contributed by atoms with E-state index < -0.39 is 24.2 Å². The summed E-state index contributed by atoms with van der Waals surface area (Å²) in [6, 6.07) is 14.9. The van der Waals surface area contributed by atoms with Crippen LogP contribution in [0.1, 0.15) is 36.3 Å². The molecule has 3 N–H and O–H groups in total. The Hall–Kier alpha value is -3.81. The van der Waals surface area contributed by atoms with Crippen LogP contribution in [0, 0.1) is 0 Å². The van der Waals surface area contributed by atoms with Crippen molar-refractivity contribution in [3.63, 3.8) is 0 Å². The fourth-order valence-electron chi connectivity index (χ4n) is 3.89. The maximum Gasteiger partial charge on any atom is 0.407 e. The minimum absolute atomic E-state index is 0.0988. The van der Waals surface area contributed by atoms with Gasteiger partial charge in [-0.3, -0.25) is 0 Å². The van der Waals surface area contributed by atoms with Crippen LogP contribution in [0.5, 0.6) is 0 Å². The van der Waals surface area contributed by atoms with E-state index in [0.717, 1.165) is 22.3 Å². The highest BCUT2D eigenvalue weighted by Gasteiger charge is 2.29. The molecule has 0 bridgehead atoms. The second-order valence-corrected chi connectivity index (χ2v) is 7.67. The van der Waals surface area contributed by atoms with Crippen LogP contribution in [0.25, 0.3) is 11.1 Å². The summed E-state index contributed by atoms with van der Waals surface area (Å²) in [6.45, 7) is 4.03. The first-order valence-corrected chi connectivity index (χ1v) is 10.9. The number of unbranched alkanes of at least 4 members (excludes halogenated alkanes) is 1. The van der Waals surface area contributed by atoms with Gasteiger partial charge in [-0.05, 0) is 41.5 Å². The Bertz CT molecular complexity index is 960. The van der Waals surface area contributed by atoms with Crippen molar-refractivity contribution in [2.24, 2.45) is 0 Å². The number of aliphatic carboxylic acids is 1. The van der Waals surface area contributed by atoms with E-state index in [1.807, 2.05) is 48.5 Å². The van der Waals surface area contributed by atoms with Gasteiger partial charge < -0.3 is 25.2 Å². The van der Waals surface area contributed by atoms with Gasteiger partial charge in [-0.25, -0.2) is 14.4 Å². The van der Waals surface area contributed by atoms with Crippen LogP contribution in [0.4, 0.5) is 9.59 Å². The first-order valence-electron chi connectivity index (χ1n) is 10.9. The van der Waals surface area contributed by atoms with Gasteiger partial charge in [0.2, 0.25) is 0 Å². The summed E-state index contributed by atoms with van der Waals surface area (Å²) in [6.07, 6.45) is 1.38. The molecule has 0 saturated carbocycles.